The van der Waals surface area contributed by atoms with Gasteiger partial charge in [-0.1, -0.05) is 23.2 Å². The van der Waals surface area contributed by atoms with Crippen LogP contribution in [0.1, 0.15) is 11.4 Å². The van der Waals surface area contributed by atoms with Gasteiger partial charge >= 0.3 is 0 Å². The van der Waals surface area contributed by atoms with E-state index >= 15 is 0 Å². The molecule has 0 aliphatic carbocycles. The maximum atomic E-state index is 6.03. The van der Waals surface area contributed by atoms with Gasteiger partial charge in [0.25, 0.3) is 0 Å². The third kappa shape index (κ3) is 2.70. The Kier molecular flexibility index (Phi) is 3.54. The molecule has 0 radical (unpaired) electrons. The molecule has 2 aromatic rings. The van der Waals surface area contributed by atoms with Crippen LogP contribution in [0.5, 0.6) is 0 Å². The first kappa shape index (κ1) is 12.2. The molecule has 0 aromatic carbocycles. The van der Waals surface area contributed by atoms with Crippen LogP contribution < -0.4 is 5.32 Å². The molecule has 0 bridgehead atoms. The van der Waals surface area contributed by atoms with Gasteiger partial charge in [-0.05, 0) is 18.6 Å². The van der Waals surface area contributed by atoms with E-state index in [0.29, 0.717) is 16.9 Å². The molecule has 17 heavy (non-hydrogen) atoms. The van der Waals surface area contributed by atoms with Gasteiger partial charge in [-0.15, -0.1) is 0 Å². The maximum absolute atomic E-state index is 6.03. The highest BCUT2D eigenvalue weighted by Gasteiger charge is 2.08. The summed E-state index contributed by atoms with van der Waals surface area (Å²) in [6.07, 6.45) is 3.65. The van der Waals surface area contributed by atoms with Crippen molar-refractivity contribution in [2.45, 2.75) is 13.5 Å². The van der Waals surface area contributed by atoms with E-state index in [4.69, 9.17) is 23.2 Å². The molecule has 0 spiro atoms. The van der Waals surface area contributed by atoms with E-state index in [-0.39, 0.29) is 0 Å². The minimum absolute atomic E-state index is 0.379. The number of nitrogens with zero attached hydrogens (tertiary/aromatic N) is 3. The van der Waals surface area contributed by atoms with Crippen molar-refractivity contribution < 1.29 is 0 Å². The Balaban J connectivity index is 2.17. The lowest BCUT2D eigenvalue weighted by atomic mass is 10.2. The first-order chi connectivity index (χ1) is 8.08. The summed E-state index contributed by atoms with van der Waals surface area (Å²) in [7, 11) is 1.94. The molecule has 1 N–H and O–H groups in total. The summed E-state index contributed by atoms with van der Waals surface area (Å²) in [5, 5.41) is 3.99. The van der Waals surface area contributed by atoms with Crippen molar-refractivity contribution >= 4 is 28.9 Å². The number of aromatic nitrogens is 3. The topological polar surface area (TPSA) is 42.7 Å². The van der Waals surface area contributed by atoms with Gasteiger partial charge in [0.15, 0.2) is 5.15 Å². The Labute approximate surface area is 110 Å². The molecule has 6 heteroatoms. The van der Waals surface area contributed by atoms with Crippen LogP contribution in [0.2, 0.25) is 10.3 Å². The zero-order chi connectivity index (χ0) is 12.4. The summed E-state index contributed by atoms with van der Waals surface area (Å²) in [4.78, 5) is 8.22. The summed E-state index contributed by atoms with van der Waals surface area (Å²) in [5.74, 6) is 0.926. The molecule has 2 heterocycles. The minimum Gasteiger partial charge on any atom is -0.375 e. The Morgan fingerprint density at radius 2 is 2.18 bits per heavy atom. The molecule has 0 amide bonds. The first-order valence-corrected chi connectivity index (χ1v) is 5.86. The second kappa shape index (κ2) is 4.94. The van der Waals surface area contributed by atoms with Gasteiger partial charge in [0.05, 0.1) is 12.2 Å². The molecule has 0 fully saturated rings. The lowest BCUT2D eigenvalue weighted by Crippen LogP contribution is -2.07. The van der Waals surface area contributed by atoms with Gasteiger partial charge in [-0.2, -0.15) is 0 Å². The lowest BCUT2D eigenvalue weighted by molar-refractivity contribution is 0.812. The number of aryl methyl sites for hydroxylation is 2. The largest absolute Gasteiger partial charge is 0.375 e. The monoisotopic (exact) mass is 270 g/mol. The summed E-state index contributed by atoms with van der Waals surface area (Å²) in [6.45, 7) is 2.52. The molecular formula is C11H12Cl2N4. The Morgan fingerprint density at radius 3 is 2.76 bits per heavy atom. The van der Waals surface area contributed by atoms with Crippen molar-refractivity contribution in [3.63, 3.8) is 0 Å². The average molecular weight is 271 g/mol. The number of anilines is 1. The van der Waals surface area contributed by atoms with Crippen molar-refractivity contribution in [3.8, 4) is 0 Å². The van der Waals surface area contributed by atoms with Crippen LogP contribution in [0.3, 0.4) is 0 Å². The molecule has 0 saturated carbocycles. The van der Waals surface area contributed by atoms with E-state index in [2.05, 4.69) is 15.3 Å². The second-order valence-corrected chi connectivity index (χ2v) is 4.48. The highest BCUT2D eigenvalue weighted by atomic mass is 35.5. The molecular weight excluding hydrogens is 259 g/mol. The molecule has 0 unspecified atom stereocenters. The average Bonchev–Trinajstić information content (AvgIpc) is 2.62. The van der Waals surface area contributed by atoms with Crippen LogP contribution in [-0.2, 0) is 13.6 Å². The zero-order valence-electron chi connectivity index (χ0n) is 9.54. The van der Waals surface area contributed by atoms with E-state index in [1.165, 1.54) is 0 Å². The number of nitrogens with one attached hydrogen (secondary N) is 1. The van der Waals surface area contributed by atoms with Crippen LogP contribution in [0.4, 0.5) is 5.69 Å². The zero-order valence-corrected chi connectivity index (χ0v) is 11.0. The van der Waals surface area contributed by atoms with Gasteiger partial charge in [-0.25, -0.2) is 9.97 Å². The molecule has 90 valence electrons. The number of imidazole rings is 1. The van der Waals surface area contributed by atoms with Crippen molar-refractivity contribution in [1.29, 1.82) is 0 Å². The van der Waals surface area contributed by atoms with Crippen molar-refractivity contribution in [2.24, 2.45) is 7.05 Å². The lowest BCUT2D eigenvalue weighted by Gasteiger charge is -2.11. The maximum Gasteiger partial charge on any atom is 0.154 e. The molecule has 0 aliphatic heterocycles. The molecule has 2 aromatic heterocycles. The molecule has 2 rings (SSSR count). The molecule has 0 aliphatic rings. The number of halogens is 2. The van der Waals surface area contributed by atoms with Crippen LogP contribution >= 0.6 is 23.2 Å². The van der Waals surface area contributed by atoms with Crippen molar-refractivity contribution in [2.75, 3.05) is 5.32 Å². The Bertz CT molecular complexity index is 513. The SMILES string of the molecule is Cc1cc(Cl)nc(Cl)c1NCc1nccn1C. The van der Waals surface area contributed by atoms with Crippen molar-refractivity contribution in [3.05, 3.63) is 40.2 Å². The van der Waals surface area contributed by atoms with Gasteiger partial charge in [0.1, 0.15) is 11.0 Å². The van der Waals surface area contributed by atoms with E-state index in [9.17, 15) is 0 Å². The fourth-order valence-electron chi connectivity index (χ4n) is 1.54. The Morgan fingerprint density at radius 1 is 1.41 bits per heavy atom. The standard InChI is InChI=1S/C11H12Cl2N4/c1-7-5-8(12)16-11(13)10(7)15-6-9-14-3-4-17(9)2/h3-5,15H,6H2,1-2H3. The number of hydrogen-bond donors (Lipinski definition) is 1. The quantitative estimate of drug-likeness (QED) is 0.872. The van der Waals surface area contributed by atoms with Crippen molar-refractivity contribution in [1.82, 2.24) is 14.5 Å². The van der Waals surface area contributed by atoms with Gasteiger partial charge in [0, 0.05) is 19.4 Å². The fraction of sp³-hybridized carbons (Fsp3) is 0.273. The third-order valence-corrected chi connectivity index (χ3v) is 2.95. The van der Waals surface area contributed by atoms with Gasteiger partial charge in [-0.3, -0.25) is 0 Å². The number of rotatable bonds is 3. The molecule has 0 atom stereocenters. The summed E-state index contributed by atoms with van der Waals surface area (Å²) in [5.41, 5.74) is 1.75. The van der Waals surface area contributed by atoms with E-state index in [1.807, 2.05) is 24.7 Å². The number of pyridine rings is 1. The molecule has 4 nitrogen and oxygen atoms in total. The predicted octanol–water partition coefficient (Wildman–Crippen LogP) is 3.04. The fourth-order valence-corrected chi connectivity index (χ4v) is 2.14. The normalized spacial score (nSPS) is 10.6. The minimum atomic E-state index is 0.379. The van der Waals surface area contributed by atoms with E-state index < -0.39 is 0 Å². The van der Waals surface area contributed by atoms with Crippen LogP contribution in [0.15, 0.2) is 18.5 Å². The second-order valence-electron chi connectivity index (χ2n) is 3.74. The van der Waals surface area contributed by atoms with Gasteiger partial charge in [0.2, 0.25) is 0 Å². The first-order valence-electron chi connectivity index (χ1n) is 5.10. The van der Waals surface area contributed by atoms with E-state index in [1.54, 1.807) is 12.3 Å². The Hall–Kier alpha value is -1.26. The highest BCUT2D eigenvalue weighted by molar-refractivity contribution is 6.34. The summed E-state index contributed by atoms with van der Waals surface area (Å²) in [6, 6.07) is 1.77. The predicted molar refractivity (Wildman–Crippen MR) is 69.5 cm³/mol. The van der Waals surface area contributed by atoms with E-state index in [0.717, 1.165) is 17.1 Å². The van der Waals surface area contributed by atoms with Crippen LogP contribution in [0.25, 0.3) is 0 Å². The van der Waals surface area contributed by atoms with Crippen LogP contribution in [-0.4, -0.2) is 14.5 Å². The third-order valence-electron chi connectivity index (χ3n) is 2.49. The number of hydrogen-bond acceptors (Lipinski definition) is 3. The summed E-state index contributed by atoms with van der Waals surface area (Å²) < 4.78 is 1.94. The smallest absolute Gasteiger partial charge is 0.154 e. The van der Waals surface area contributed by atoms with Gasteiger partial charge < -0.3 is 9.88 Å². The highest BCUT2D eigenvalue weighted by Crippen LogP contribution is 2.26. The molecule has 0 saturated heterocycles. The van der Waals surface area contributed by atoms with Crippen LogP contribution in [0, 0.1) is 6.92 Å². The summed E-state index contributed by atoms with van der Waals surface area (Å²) >= 11 is 11.8.